The molecule has 0 aliphatic heterocycles. The van der Waals surface area contributed by atoms with Crippen LogP contribution in [0.2, 0.25) is 5.02 Å². The van der Waals surface area contributed by atoms with E-state index < -0.39 is 12.1 Å². The molecule has 2 aromatic rings. The Labute approximate surface area is 135 Å². The first-order chi connectivity index (χ1) is 10.6. The summed E-state index contributed by atoms with van der Waals surface area (Å²) in [5.74, 6) is -2.50. The van der Waals surface area contributed by atoms with Crippen LogP contribution in [0.25, 0.3) is 0 Å². The molecule has 0 unspecified atom stereocenters. The summed E-state index contributed by atoms with van der Waals surface area (Å²) >= 11 is 6.04. The lowest BCUT2D eigenvalue weighted by atomic mass is 10.1. The first-order valence-corrected chi connectivity index (χ1v) is 7.05. The number of hydrogen-bond acceptors (Lipinski definition) is 3. The maximum atomic E-state index is 12.4. The van der Waals surface area contributed by atoms with Crippen molar-refractivity contribution >= 4 is 17.6 Å². The van der Waals surface area contributed by atoms with Gasteiger partial charge in [-0.2, -0.15) is 18.3 Å². The van der Waals surface area contributed by atoms with E-state index in [4.69, 9.17) is 11.6 Å². The molecular weight excluding hydrogens is 333 g/mol. The molecule has 0 amide bonds. The Morgan fingerprint density at radius 2 is 1.96 bits per heavy atom. The minimum absolute atomic E-state index is 0.134. The summed E-state index contributed by atoms with van der Waals surface area (Å²) in [5.41, 5.74) is 2.47. The van der Waals surface area contributed by atoms with E-state index in [-0.39, 0.29) is 12.4 Å². The monoisotopic (exact) mass is 346 g/mol. The topological polar surface area (TPSA) is 44.1 Å². The van der Waals surface area contributed by atoms with E-state index in [1.807, 2.05) is 6.92 Å². The summed E-state index contributed by atoms with van der Waals surface area (Å²) in [6, 6.07) is 5.27. The average molecular weight is 347 g/mol. The van der Waals surface area contributed by atoms with Crippen LogP contribution in [0.15, 0.2) is 18.2 Å². The fraction of sp³-hybridized carbons (Fsp3) is 0.333. The Morgan fingerprint density at radius 1 is 1.30 bits per heavy atom. The second kappa shape index (κ2) is 6.23. The molecule has 8 heteroatoms. The highest BCUT2D eigenvalue weighted by atomic mass is 35.5. The van der Waals surface area contributed by atoms with E-state index in [2.05, 4.69) is 9.84 Å². The quantitative estimate of drug-likeness (QED) is 0.790. The Balaban J connectivity index is 2.34. The zero-order valence-corrected chi connectivity index (χ0v) is 13.4. The number of aromatic nitrogens is 2. The largest absolute Gasteiger partial charge is 0.491 e. The molecule has 124 valence electrons. The summed E-state index contributed by atoms with van der Waals surface area (Å²) in [6.45, 7) is 5.14. The molecule has 1 aromatic heterocycles. The maximum Gasteiger partial charge on any atom is 0.491 e. The van der Waals surface area contributed by atoms with Gasteiger partial charge >= 0.3 is 12.1 Å². The van der Waals surface area contributed by atoms with Gasteiger partial charge in [-0.05, 0) is 38.0 Å². The van der Waals surface area contributed by atoms with Crippen molar-refractivity contribution < 1.29 is 22.7 Å². The predicted molar refractivity (Wildman–Crippen MR) is 78.7 cm³/mol. The van der Waals surface area contributed by atoms with Crippen molar-refractivity contribution in [1.82, 2.24) is 9.78 Å². The number of benzene rings is 1. The lowest BCUT2D eigenvalue weighted by Gasteiger charge is -2.11. The molecule has 0 bridgehead atoms. The van der Waals surface area contributed by atoms with E-state index in [1.165, 1.54) is 4.68 Å². The van der Waals surface area contributed by atoms with Crippen molar-refractivity contribution in [2.75, 3.05) is 0 Å². The summed E-state index contributed by atoms with van der Waals surface area (Å²) < 4.78 is 42.9. The second-order valence-electron chi connectivity index (χ2n) is 5.14. The number of ether oxygens (including phenoxy) is 1. The first-order valence-electron chi connectivity index (χ1n) is 6.67. The van der Waals surface area contributed by atoms with Gasteiger partial charge in [0.25, 0.3) is 0 Å². The number of carbonyl (C=O) groups excluding carboxylic acids is 1. The second-order valence-corrected chi connectivity index (χ2v) is 5.55. The van der Waals surface area contributed by atoms with Crippen molar-refractivity contribution in [3.63, 3.8) is 0 Å². The maximum absolute atomic E-state index is 12.4. The van der Waals surface area contributed by atoms with Crippen molar-refractivity contribution in [2.24, 2.45) is 0 Å². The van der Waals surface area contributed by atoms with Crippen molar-refractivity contribution in [3.05, 3.63) is 45.6 Å². The zero-order valence-electron chi connectivity index (χ0n) is 12.7. The van der Waals surface area contributed by atoms with Gasteiger partial charge in [0, 0.05) is 10.6 Å². The fourth-order valence-corrected chi connectivity index (χ4v) is 2.14. The molecule has 0 N–H and O–H groups in total. The van der Waals surface area contributed by atoms with Gasteiger partial charge in [-0.3, -0.25) is 0 Å². The first kappa shape index (κ1) is 17.3. The van der Waals surface area contributed by atoms with E-state index in [0.717, 1.165) is 11.1 Å². The lowest BCUT2D eigenvalue weighted by molar-refractivity contribution is -0.190. The number of esters is 1. The number of hydrogen-bond donors (Lipinski definition) is 0. The van der Waals surface area contributed by atoms with Gasteiger partial charge in [-0.15, -0.1) is 0 Å². The van der Waals surface area contributed by atoms with Crippen LogP contribution in [0.5, 0.6) is 5.88 Å². The van der Waals surface area contributed by atoms with Crippen LogP contribution in [0, 0.1) is 20.8 Å². The normalized spacial score (nSPS) is 11.6. The zero-order chi connectivity index (χ0) is 17.4. The number of nitrogens with zero attached hydrogens (tertiary/aromatic N) is 2. The third-order valence-corrected chi connectivity index (χ3v) is 3.77. The summed E-state index contributed by atoms with van der Waals surface area (Å²) in [7, 11) is 0. The van der Waals surface area contributed by atoms with Gasteiger partial charge in [-0.1, -0.05) is 23.7 Å². The van der Waals surface area contributed by atoms with Crippen molar-refractivity contribution in [1.29, 1.82) is 0 Å². The molecule has 4 nitrogen and oxygen atoms in total. The molecule has 0 atom stereocenters. The van der Waals surface area contributed by atoms with Crippen LogP contribution >= 0.6 is 11.6 Å². The van der Waals surface area contributed by atoms with Gasteiger partial charge in [0.1, 0.15) is 0 Å². The van der Waals surface area contributed by atoms with Gasteiger partial charge in [0.15, 0.2) is 0 Å². The Hall–Kier alpha value is -2.02. The highest BCUT2D eigenvalue weighted by molar-refractivity contribution is 6.31. The predicted octanol–water partition coefficient (Wildman–Crippen LogP) is 3.98. The molecule has 0 spiro atoms. The van der Waals surface area contributed by atoms with Gasteiger partial charge in [0.05, 0.1) is 12.2 Å². The lowest BCUT2D eigenvalue weighted by Crippen LogP contribution is -2.29. The van der Waals surface area contributed by atoms with Gasteiger partial charge in [-0.25, -0.2) is 9.48 Å². The molecule has 1 heterocycles. The smallest absolute Gasteiger partial charge is 0.401 e. The van der Waals surface area contributed by atoms with Crippen LogP contribution < -0.4 is 4.74 Å². The van der Waals surface area contributed by atoms with E-state index in [9.17, 15) is 18.0 Å². The van der Waals surface area contributed by atoms with Crippen LogP contribution in [-0.4, -0.2) is 21.9 Å². The van der Waals surface area contributed by atoms with E-state index in [1.54, 1.807) is 32.0 Å². The molecule has 23 heavy (non-hydrogen) atoms. The van der Waals surface area contributed by atoms with Crippen LogP contribution in [0.4, 0.5) is 13.2 Å². The van der Waals surface area contributed by atoms with Crippen LogP contribution in [0.1, 0.15) is 22.4 Å². The molecule has 0 saturated heterocycles. The van der Waals surface area contributed by atoms with Crippen molar-refractivity contribution in [2.45, 2.75) is 33.5 Å². The molecule has 0 fully saturated rings. The van der Waals surface area contributed by atoms with Crippen LogP contribution in [-0.2, 0) is 11.3 Å². The average Bonchev–Trinajstić information content (AvgIpc) is 2.69. The van der Waals surface area contributed by atoms with E-state index >= 15 is 0 Å². The highest BCUT2D eigenvalue weighted by Gasteiger charge is 2.42. The minimum Gasteiger partial charge on any atom is -0.401 e. The van der Waals surface area contributed by atoms with Crippen LogP contribution in [0.3, 0.4) is 0 Å². The Bertz CT molecular complexity index is 754. The Morgan fingerprint density at radius 3 is 2.52 bits per heavy atom. The molecule has 0 radical (unpaired) electrons. The third-order valence-electron chi connectivity index (χ3n) is 3.36. The van der Waals surface area contributed by atoms with Crippen molar-refractivity contribution in [3.8, 4) is 5.88 Å². The number of halogens is 4. The Kier molecular flexibility index (Phi) is 4.70. The molecule has 0 saturated carbocycles. The SMILES string of the molecule is Cc1ccc(Cn2nc(C)c(C)c2OC(=O)C(F)(F)F)cc1Cl. The number of carbonyl (C=O) groups is 1. The summed E-state index contributed by atoms with van der Waals surface area (Å²) in [4.78, 5) is 11.1. The van der Waals surface area contributed by atoms with E-state index in [0.29, 0.717) is 16.3 Å². The number of aryl methyl sites for hydroxylation is 2. The molecule has 0 aliphatic carbocycles. The summed E-state index contributed by atoms with van der Waals surface area (Å²) in [5, 5.41) is 4.66. The highest BCUT2D eigenvalue weighted by Crippen LogP contribution is 2.26. The molecule has 1 aromatic carbocycles. The standard InChI is InChI=1S/C15H14ClF3N2O2/c1-8-4-5-11(6-12(8)16)7-21-13(9(2)10(3)20-21)23-14(22)15(17,18)19/h4-6H,7H2,1-3H3. The molecular formula is C15H14ClF3N2O2. The summed E-state index contributed by atoms with van der Waals surface area (Å²) in [6.07, 6.45) is -5.07. The number of rotatable bonds is 3. The fourth-order valence-electron chi connectivity index (χ4n) is 1.94. The minimum atomic E-state index is -5.07. The molecule has 0 aliphatic rings. The van der Waals surface area contributed by atoms with Gasteiger partial charge in [0.2, 0.25) is 5.88 Å². The molecule has 2 rings (SSSR count). The third kappa shape index (κ3) is 3.85. The number of alkyl halides is 3. The van der Waals surface area contributed by atoms with Gasteiger partial charge < -0.3 is 4.74 Å².